The highest BCUT2D eigenvalue weighted by atomic mass is 16.5. The van der Waals surface area contributed by atoms with E-state index in [2.05, 4.69) is 22.1 Å². The third kappa shape index (κ3) is 2.26. The van der Waals surface area contributed by atoms with Gasteiger partial charge in [0.1, 0.15) is 5.82 Å². The van der Waals surface area contributed by atoms with E-state index in [1.807, 2.05) is 6.07 Å². The van der Waals surface area contributed by atoms with Crippen molar-refractivity contribution < 1.29 is 9.53 Å². The molecule has 2 aliphatic heterocycles. The van der Waals surface area contributed by atoms with Crippen molar-refractivity contribution in [3.8, 4) is 0 Å². The fourth-order valence-electron chi connectivity index (χ4n) is 3.36. The van der Waals surface area contributed by atoms with Crippen LogP contribution in [-0.4, -0.2) is 43.2 Å². The molecule has 2 fully saturated rings. The second-order valence-electron chi connectivity index (χ2n) is 5.60. The van der Waals surface area contributed by atoms with Crippen molar-refractivity contribution in [2.45, 2.75) is 19.9 Å². The average Bonchev–Trinajstić information content (AvgIpc) is 3.03. The van der Waals surface area contributed by atoms with Crippen LogP contribution in [0.4, 0.5) is 5.82 Å². The molecule has 0 radical (unpaired) electrons. The SMILES string of the molecule is CCOC(=O)c1ccc(N2CC3CNCC3C2C)nc1. The van der Waals surface area contributed by atoms with Gasteiger partial charge < -0.3 is 15.0 Å². The number of nitrogens with zero attached hydrogens (tertiary/aromatic N) is 2. The van der Waals surface area contributed by atoms with E-state index in [0.717, 1.165) is 31.4 Å². The van der Waals surface area contributed by atoms with Crippen molar-refractivity contribution in [3.05, 3.63) is 23.9 Å². The summed E-state index contributed by atoms with van der Waals surface area (Å²) in [6.07, 6.45) is 1.62. The number of hydrogen-bond donors (Lipinski definition) is 1. The number of esters is 1. The minimum absolute atomic E-state index is 0.304. The van der Waals surface area contributed by atoms with Crippen molar-refractivity contribution >= 4 is 11.8 Å². The van der Waals surface area contributed by atoms with Gasteiger partial charge in [0.05, 0.1) is 12.2 Å². The smallest absolute Gasteiger partial charge is 0.339 e. The van der Waals surface area contributed by atoms with Crippen LogP contribution in [0, 0.1) is 11.8 Å². The van der Waals surface area contributed by atoms with E-state index in [0.29, 0.717) is 24.1 Å². The molecule has 108 valence electrons. The number of nitrogens with one attached hydrogen (secondary N) is 1. The highest BCUT2D eigenvalue weighted by Gasteiger charge is 2.42. The van der Waals surface area contributed by atoms with Crippen molar-refractivity contribution in [3.63, 3.8) is 0 Å². The number of aromatic nitrogens is 1. The zero-order valence-electron chi connectivity index (χ0n) is 12.0. The summed E-state index contributed by atoms with van der Waals surface area (Å²) in [6, 6.07) is 4.23. The van der Waals surface area contributed by atoms with Crippen LogP contribution in [0.2, 0.25) is 0 Å². The molecule has 3 unspecified atom stereocenters. The molecule has 0 amide bonds. The van der Waals surface area contributed by atoms with Crippen molar-refractivity contribution in [2.24, 2.45) is 11.8 Å². The van der Waals surface area contributed by atoms with Crippen molar-refractivity contribution in [1.82, 2.24) is 10.3 Å². The quantitative estimate of drug-likeness (QED) is 0.843. The molecule has 0 saturated carbocycles. The van der Waals surface area contributed by atoms with Gasteiger partial charge in [-0.2, -0.15) is 0 Å². The van der Waals surface area contributed by atoms with Crippen LogP contribution in [0.25, 0.3) is 0 Å². The maximum absolute atomic E-state index is 11.6. The molecule has 20 heavy (non-hydrogen) atoms. The summed E-state index contributed by atoms with van der Waals surface area (Å²) in [7, 11) is 0. The number of rotatable bonds is 3. The fourth-order valence-corrected chi connectivity index (χ4v) is 3.36. The lowest BCUT2D eigenvalue weighted by Crippen LogP contribution is -2.33. The summed E-state index contributed by atoms with van der Waals surface area (Å²) in [6.45, 7) is 7.71. The van der Waals surface area contributed by atoms with E-state index in [9.17, 15) is 4.79 Å². The number of anilines is 1. The molecule has 3 heterocycles. The molecule has 0 spiro atoms. The van der Waals surface area contributed by atoms with Crippen LogP contribution in [0.1, 0.15) is 24.2 Å². The Hall–Kier alpha value is -1.62. The Morgan fingerprint density at radius 1 is 1.50 bits per heavy atom. The summed E-state index contributed by atoms with van der Waals surface area (Å²) in [5, 5.41) is 3.46. The first kappa shape index (κ1) is 13.4. The normalized spacial score (nSPS) is 28.5. The molecule has 5 nitrogen and oxygen atoms in total. The van der Waals surface area contributed by atoms with E-state index in [4.69, 9.17) is 4.74 Å². The van der Waals surface area contributed by atoms with E-state index < -0.39 is 0 Å². The first-order valence-electron chi connectivity index (χ1n) is 7.31. The maximum Gasteiger partial charge on any atom is 0.339 e. The zero-order chi connectivity index (χ0) is 14.1. The summed E-state index contributed by atoms with van der Waals surface area (Å²) in [5.41, 5.74) is 0.518. The lowest BCUT2D eigenvalue weighted by Gasteiger charge is -2.25. The molecule has 1 N–H and O–H groups in total. The minimum atomic E-state index is -0.304. The molecule has 2 saturated heterocycles. The van der Waals surface area contributed by atoms with Crippen LogP contribution >= 0.6 is 0 Å². The summed E-state index contributed by atoms with van der Waals surface area (Å²) in [4.78, 5) is 18.4. The van der Waals surface area contributed by atoms with Crippen LogP contribution in [-0.2, 0) is 4.74 Å². The van der Waals surface area contributed by atoms with Crippen LogP contribution in [0.3, 0.4) is 0 Å². The minimum Gasteiger partial charge on any atom is -0.462 e. The zero-order valence-corrected chi connectivity index (χ0v) is 12.0. The Bertz CT molecular complexity index is 488. The Morgan fingerprint density at radius 3 is 3.00 bits per heavy atom. The largest absolute Gasteiger partial charge is 0.462 e. The third-order valence-corrected chi connectivity index (χ3v) is 4.49. The van der Waals surface area contributed by atoms with Crippen molar-refractivity contribution in [1.29, 1.82) is 0 Å². The molecular formula is C15H21N3O2. The standard InChI is InChI=1S/C15H21N3O2/c1-3-20-15(19)11-4-5-14(17-7-11)18-9-12-6-16-8-13(12)10(18)2/h4-5,7,10,12-13,16H,3,6,8-9H2,1-2H3. The summed E-state index contributed by atoms with van der Waals surface area (Å²) >= 11 is 0. The molecule has 0 bridgehead atoms. The lowest BCUT2D eigenvalue weighted by atomic mass is 9.95. The maximum atomic E-state index is 11.6. The summed E-state index contributed by atoms with van der Waals surface area (Å²) < 4.78 is 4.97. The highest BCUT2D eigenvalue weighted by Crippen LogP contribution is 2.34. The number of hydrogen-bond acceptors (Lipinski definition) is 5. The van der Waals surface area contributed by atoms with Gasteiger partial charge in [-0.1, -0.05) is 0 Å². The van der Waals surface area contributed by atoms with Gasteiger partial charge in [0.2, 0.25) is 0 Å². The van der Waals surface area contributed by atoms with Gasteiger partial charge >= 0.3 is 5.97 Å². The Labute approximate surface area is 119 Å². The number of pyridine rings is 1. The molecule has 0 aliphatic carbocycles. The second kappa shape index (κ2) is 5.40. The van der Waals surface area contributed by atoms with E-state index in [-0.39, 0.29) is 5.97 Å². The first-order valence-corrected chi connectivity index (χ1v) is 7.31. The third-order valence-electron chi connectivity index (χ3n) is 4.49. The molecule has 1 aromatic heterocycles. The van der Waals surface area contributed by atoms with Crippen molar-refractivity contribution in [2.75, 3.05) is 31.1 Å². The van der Waals surface area contributed by atoms with Gasteiger partial charge in [-0.25, -0.2) is 9.78 Å². The second-order valence-corrected chi connectivity index (χ2v) is 5.60. The molecule has 3 atom stereocenters. The summed E-state index contributed by atoms with van der Waals surface area (Å²) in [5.74, 6) is 2.08. The molecule has 0 aromatic carbocycles. The van der Waals surface area contributed by atoms with Gasteiger partial charge in [0, 0.05) is 31.9 Å². The average molecular weight is 275 g/mol. The predicted molar refractivity (Wildman–Crippen MR) is 76.9 cm³/mol. The molecule has 5 heteroatoms. The Morgan fingerprint density at radius 2 is 2.35 bits per heavy atom. The van der Waals surface area contributed by atoms with Gasteiger partial charge in [-0.15, -0.1) is 0 Å². The highest BCUT2D eigenvalue weighted by molar-refractivity contribution is 5.89. The lowest BCUT2D eigenvalue weighted by molar-refractivity contribution is 0.0526. The van der Waals surface area contributed by atoms with Gasteiger partial charge in [-0.3, -0.25) is 0 Å². The molecule has 2 aliphatic rings. The van der Waals surface area contributed by atoms with E-state index in [1.165, 1.54) is 0 Å². The number of ether oxygens (including phenoxy) is 1. The Balaban J connectivity index is 1.73. The van der Waals surface area contributed by atoms with Crippen LogP contribution < -0.4 is 10.2 Å². The van der Waals surface area contributed by atoms with Crippen LogP contribution in [0.5, 0.6) is 0 Å². The predicted octanol–water partition coefficient (Wildman–Crippen LogP) is 1.30. The molecular weight excluding hydrogens is 254 g/mol. The van der Waals surface area contributed by atoms with Gasteiger partial charge in [-0.05, 0) is 37.8 Å². The fraction of sp³-hybridized carbons (Fsp3) is 0.600. The Kier molecular flexibility index (Phi) is 3.61. The monoisotopic (exact) mass is 275 g/mol. The molecule has 3 rings (SSSR count). The van der Waals surface area contributed by atoms with Crippen LogP contribution in [0.15, 0.2) is 18.3 Å². The van der Waals surface area contributed by atoms with Gasteiger partial charge in [0.15, 0.2) is 0 Å². The topological polar surface area (TPSA) is 54.5 Å². The first-order chi connectivity index (χ1) is 9.70. The molecule has 1 aromatic rings. The number of fused-ring (bicyclic) bond motifs is 1. The number of carbonyl (C=O) groups is 1. The number of carbonyl (C=O) groups excluding carboxylic acids is 1. The van der Waals surface area contributed by atoms with Gasteiger partial charge in [0.25, 0.3) is 0 Å². The van der Waals surface area contributed by atoms with E-state index in [1.54, 1.807) is 19.2 Å². The van der Waals surface area contributed by atoms with E-state index >= 15 is 0 Å².